The smallest absolute Gasteiger partial charge is 0.269 e. The van der Waals surface area contributed by atoms with Gasteiger partial charge >= 0.3 is 0 Å². The van der Waals surface area contributed by atoms with Gasteiger partial charge in [-0.1, -0.05) is 6.07 Å². The van der Waals surface area contributed by atoms with Gasteiger partial charge in [-0.2, -0.15) is 5.26 Å². The van der Waals surface area contributed by atoms with Gasteiger partial charge < -0.3 is 9.47 Å². The summed E-state index contributed by atoms with van der Waals surface area (Å²) in [6.45, 7) is 2.41. The maximum absolute atomic E-state index is 10.7. The van der Waals surface area contributed by atoms with Crippen molar-refractivity contribution in [3.63, 3.8) is 0 Å². The molecule has 122 valence electrons. The molecule has 0 aliphatic rings. The molecule has 2 aromatic rings. The van der Waals surface area contributed by atoms with E-state index in [4.69, 9.17) is 9.47 Å². The van der Waals surface area contributed by atoms with Gasteiger partial charge in [-0.3, -0.25) is 10.1 Å². The molecule has 0 amide bonds. The second-order valence-electron chi connectivity index (χ2n) is 4.82. The summed E-state index contributed by atoms with van der Waals surface area (Å²) in [6, 6.07) is 13.3. The average molecular weight is 324 g/mol. The van der Waals surface area contributed by atoms with Crippen LogP contribution in [0.4, 0.5) is 5.69 Å². The summed E-state index contributed by atoms with van der Waals surface area (Å²) in [6.07, 6.45) is 1.69. The molecule has 0 heterocycles. The first-order chi connectivity index (χ1) is 11.6. The number of nitro groups is 1. The van der Waals surface area contributed by atoms with E-state index in [2.05, 4.69) is 6.07 Å². The van der Waals surface area contributed by atoms with Gasteiger partial charge in [-0.25, -0.2) is 0 Å². The minimum Gasteiger partial charge on any atom is -0.493 e. The molecular formula is C18H16N2O4. The van der Waals surface area contributed by atoms with E-state index in [1.54, 1.807) is 37.5 Å². The number of ether oxygens (including phenoxy) is 2. The van der Waals surface area contributed by atoms with Gasteiger partial charge in [-0.15, -0.1) is 0 Å². The highest BCUT2D eigenvalue weighted by Crippen LogP contribution is 2.30. The number of benzene rings is 2. The Hall–Kier alpha value is -3.33. The highest BCUT2D eigenvalue weighted by atomic mass is 16.6. The summed E-state index contributed by atoms with van der Waals surface area (Å²) >= 11 is 0. The highest BCUT2D eigenvalue weighted by molar-refractivity contribution is 5.90. The number of nitriles is 1. The average Bonchev–Trinajstić information content (AvgIpc) is 2.61. The van der Waals surface area contributed by atoms with Crippen molar-refractivity contribution < 1.29 is 14.4 Å². The first-order valence-electron chi connectivity index (χ1n) is 7.26. The van der Waals surface area contributed by atoms with Crippen LogP contribution in [-0.2, 0) is 0 Å². The summed E-state index contributed by atoms with van der Waals surface area (Å²) in [4.78, 5) is 10.2. The van der Waals surface area contributed by atoms with Crippen LogP contribution >= 0.6 is 0 Å². The maximum Gasteiger partial charge on any atom is 0.269 e. The predicted octanol–water partition coefficient (Wildman–Crippen LogP) is 4.07. The van der Waals surface area contributed by atoms with Crippen LogP contribution in [0.3, 0.4) is 0 Å². The van der Waals surface area contributed by atoms with Crippen LogP contribution in [0.25, 0.3) is 11.6 Å². The van der Waals surface area contributed by atoms with E-state index in [0.29, 0.717) is 29.2 Å². The summed E-state index contributed by atoms with van der Waals surface area (Å²) in [5, 5.41) is 20.1. The number of hydrogen-bond acceptors (Lipinski definition) is 5. The van der Waals surface area contributed by atoms with E-state index in [-0.39, 0.29) is 5.69 Å². The molecular weight excluding hydrogens is 308 g/mol. The fourth-order valence-corrected chi connectivity index (χ4v) is 2.16. The van der Waals surface area contributed by atoms with Gasteiger partial charge in [0.2, 0.25) is 0 Å². The van der Waals surface area contributed by atoms with Crippen molar-refractivity contribution in [1.82, 2.24) is 0 Å². The monoisotopic (exact) mass is 324 g/mol. The molecule has 0 radical (unpaired) electrons. The molecule has 2 aromatic carbocycles. The van der Waals surface area contributed by atoms with Crippen molar-refractivity contribution in [2.45, 2.75) is 6.92 Å². The number of nitro benzene ring substituents is 1. The minimum absolute atomic E-state index is 0.0150. The Morgan fingerprint density at radius 2 is 1.96 bits per heavy atom. The maximum atomic E-state index is 10.7. The van der Waals surface area contributed by atoms with Crippen LogP contribution in [-0.4, -0.2) is 18.6 Å². The zero-order chi connectivity index (χ0) is 17.5. The lowest BCUT2D eigenvalue weighted by molar-refractivity contribution is -0.384. The lowest BCUT2D eigenvalue weighted by Crippen LogP contribution is -1.95. The number of nitrogens with zero attached hydrogens (tertiary/aromatic N) is 2. The van der Waals surface area contributed by atoms with Gasteiger partial charge in [0.15, 0.2) is 11.5 Å². The van der Waals surface area contributed by atoms with E-state index in [0.717, 1.165) is 5.56 Å². The fraction of sp³-hybridized carbons (Fsp3) is 0.167. The van der Waals surface area contributed by atoms with E-state index >= 15 is 0 Å². The topological polar surface area (TPSA) is 85.4 Å². The zero-order valence-corrected chi connectivity index (χ0v) is 13.4. The van der Waals surface area contributed by atoms with Crippen molar-refractivity contribution in [2.75, 3.05) is 13.7 Å². The number of allylic oxidation sites excluding steroid dienone is 1. The van der Waals surface area contributed by atoms with Crippen LogP contribution in [0.15, 0.2) is 42.5 Å². The van der Waals surface area contributed by atoms with Crippen molar-refractivity contribution in [3.05, 3.63) is 63.7 Å². The summed E-state index contributed by atoms with van der Waals surface area (Å²) in [7, 11) is 1.55. The molecule has 6 heteroatoms. The number of non-ortho nitro benzene ring substituents is 1. The number of hydrogen-bond donors (Lipinski definition) is 0. The third-order valence-electron chi connectivity index (χ3n) is 3.31. The summed E-state index contributed by atoms with van der Waals surface area (Å²) < 4.78 is 10.7. The Balaban J connectivity index is 2.36. The Kier molecular flexibility index (Phi) is 5.53. The van der Waals surface area contributed by atoms with Crippen molar-refractivity contribution in [3.8, 4) is 17.6 Å². The van der Waals surface area contributed by atoms with Crippen molar-refractivity contribution >= 4 is 17.3 Å². The van der Waals surface area contributed by atoms with Crippen LogP contribution in [0.5, 0.6) is 11.5 Å². The molecule has 0 spiro atoms. The molecule has 0 fully saturated rings. The zero-order valence-electron chi connectivity index (χ0n) is 13.4. The molecule has 0 unspecified atom stereocenters. The quantitative estimate of drug-likeness (QED) is 0.346. The van der Waals surface area contributed by atoms with Gasteiger partial charge in [-0.05, 0) is 48.4 Å². The van der Waals surface area contributed by atoms with Crippen LogP contribution in [0.2, 0.25) is 0 Å². The van der Waals surface area contributed by atoms with Gasteiger partial charge in [0.05, 0.1) is 30.3 Å². The summed E-state index contributed by atoms with van der Waals surface area (Å²) in [5.74, 6) is 1.21. The first kappa shape index (κ1) is 17.0. The second-order valence-corrected chi connectivity index (χ2v) is 4.82. The lowest BCUT2D eigenvalue weighted by Gasteiger charge is -2.09. The lowest BCUT2D eigenvalue weighted by atomic mass is 10.0. The van der Waals surface area contributed by atoms with E-state index in [9.17, 15) is 15.4 Å². The number of methoxy groups -OCH3 is 1. The molecule has 24 heavy (non-hydrogen) atoms. The molecule has 6 nitrogen and oxygen atoms in total. The second kappa shape index (κ2) is 7.79. The van der Waals surface area contributed by atoms with Gasteiger partial charge in [0, 0.05) is 12.1 Å². The first-order valence-corrected chi connectivity index (χ1v) is 7.26. The fourth-order valence-electron chi connectivity index (χ4n) is 2.16. The molecule has 0 saturated heterocycles. The van der Waals surface area contributed by atoms with E-state index in [1.165, 1.54) is 12.1 Å². The predicted molar refractivity (Wildman–Crippen MR) is 90.7 cm³/mol. The SMILES string of the molecule is CCOc1ccc(/C=C(\C#N)c2ccc([N+](=O)[O-])cc2)cc1OC. The Morgan fingerprint density at radius 3 is 2.50 bits per heavy atom. The minimum atomic E-state index is -0.475. The number of rotatable bonds is 6. The molecule has 2 rings (SSSR count). The van der Waals surface area contributed by atoms with Gasteiger partial charge in [0.25, 0.3) is 5.69 Å². The standard InChI is InChI=1S/C18H16N2O4/c1-3-24-17-9-4-13(11-18(17)23-2)10-15(12-19)14-5-7-16(8-6-14)20(21)22/h4-11H,3H2,1-2H3/b15-10+. The van der Waals surface area contributed by atoms with Crippen molar-refractivity contribution in [1.29, 1.82) is 5.26 Å². The Morgan fingerprint density at radius 1 is 1.25 bits per heavy atom. The van der Waals surface area contributed by atoms with Crippen LogP contribution in [0, 0.1) is 21.4 Å². The Labute approximate surface area is 139 Å². The molecule has 0 aromatic heterocycles. The highest BCUT2D eigenvalue weighted by Gasteiger charge is 2.08. The molecule has 0 atom stereocenters. The van der Waals surface area contributed by atoms with E-state index in [1.807, 2.05) is 13.0 Å². The molecule has 0 N–H and O–H groups in total. The van der Waals surface area contributed by atoms with Crippen LogP contribution in [0.1, 0.15) is 18.1 Å². The molecule has 0 aliphatic carbocycles. The normalized spacial score (nSPS) is 10.8. The molecule has 0 saturated carbocycles. The molecule has 0 aliphatic heterocycles. The van der Waals surface area contributed by atoms with Crippen molar-refractivity contribution in [2.24, 2.45) is 0 Å². The summed E-state index contributed by atoms with van der Waals surface area (Å²) in [5.41, 5.74) is 1.76. The van der Waals surface area contributed by atoms with Gasteiger partial charge in [0.1, 0.15) is 0 Å². The third-order valence-corrected chi connectivity index (χ3v) is 3.31. The largest absolute Gasteiger partial charge is 0.493 e. The Bertz CT molecular complexity index is 805. The van der Waals surface area contributed by atoms with Crippen LogP contribution < -0.4 is 9.47 Å². The molecule has 0 bridgehead atoms. The van der Waals surface area contributed by atoms with E-state index < -0.39 is 4.92 Å². The third kappa shape index (κ3) is 3.90.